The van der Waals surface area contributed by atoms with Crippen molar-refractivity contribution >= 4 is 40.7 Å². The van der Waals surface area contributed by atoms with Gasteiger partial charge in [-0.05, 0) is 31.0 Å². The zero-order valence-electron chi connectivity index (χ0n) is 9.98. The highest BCUT2D eigenvalue weighted by atomic mass is 35.5. The smallest absolute Gasteiger partial charge is 0.238 e. The predicted molar refractivity (Wildman–Crippen MR) is 74.3 cm³/mol. The number of carbonyl (C=O) groups is 2. The fraction of sp³-hybridized carbons (Fsp3) is 0.286. The van der Waals surface area contributed by atoms with Gasteiger partial charge in [-0.25, -0.2) is 4.90 Å². The summed E-state index contributed by atoms with van der Waals surface area (Å²) in [5.74, 6) is -0.819. The number of benzene rings is 1. The molecule has 0 N–H and O–H groups in total. The number of fused-ring (bicyclic) bond motifs is 1. The van der Waals surface area contributed by atoms with Gasteiger partial charge >= 0.3 is 0 Å². The Morgan fingerprint density at radius 1 is 1.00 bits per heavy atom. The highest BCUT2D eigenvalue weighted by Gasteiger charge is 2.48. The van der Waals surface area contributed by atoms with Crippen LogP contribution in [0, 0.1) is 11.8 Å². The molecule has 1 aromatic carbocycles. The van der Waals surface area contributed by atoms with Gasteiger partial charge in [-0.15, -0.1) is 0 Å². The van der Waals surface area contributed by atoms with E-state index in [9.17, 15) is 9.59 Å². The molecule has 2 aliphatic rings. The lowest BCUT2D eigenvalue weighted by atomic mass is 9.85. The summed E-state index contributed by atoms with van der Waals surface area (Å²) in [5, 5.41) is 0.799. The van der Waals surface area contributed by atoms with E-state index >= 15 is 0 Å². The molecule has 1 fully saturated rings. The van der Waals surface area contributed by atoms with E-state index in [1.165, 1.54) is 4.90 Å². The van der Waals surface area contributed by atoms with Gasteiger partial charge in [0.1, 0.15) is 0 Å². The third kappa shape index (κ3) is 1.97. The van der Waals surface area contributed by atoms with E-state index in [1.54, 1.807) is 18.2 Å². The highest BCUT2D eigenvalue weighted by Crippen LogP contribution is 2.40. The molecule has 2 amide bonds. The summed E-state index contributed by atoms with van der Waals surface area (Å²) in [6, 6.07) is 4.79. The quantitative estimate of drug-likeness (QED) is 0.588. The van der Waals surface area contributed by atoms with E-state index < -0.39 is 0 Å². The van der Waals surface area contributed by atoms with Crippen LogP contribution >= 0.6 is 23.2 Å². The van der Waals surface area contributed by atoms with Crippen molar-refractivity contribution in [2.45, 2.75) is 12.8 Å². The van der Waals surface area contributed by atoms with E-state index in [0.29, 0.717) is 28.6 Å². The van der Waals surface area contributed by atoms with Crippen LogP contribution in [0.25, 0.3) is 0 Å². The third-order valence-electron chi connectivity index (χ3n) is 3.66. The maximum Gasteiger partial charge on any atom is 0.238 e. The Hall–Kier alpha value is -1.32. The number of hydrogen-bond acceptors (Lipinski definition) is 2. The number of amides is 2. The molecule has 1 aliphatic heterocycles. The lowest BCUT2D eigenvalue weighted by molar-refractivity contribution is -0.122. The van der Waals surface area contributed by atoms with Crippen LogP contribution in [0.1, 0.15) is 12.8 Å². The molecule has 0 aromatic heterocycles. The standard InChI is InChI=1S/C14H11Cl2NO2/c15-8-5-6-12(11(16)7-8)17-13(18)9-3-1-2-4-10(9)14(17)19/h1-2,5-7,9-10H,3-4H2/t9-,10-/m1/s1. The lowest BCUT2D eigenvalue weighted by Crippen LogP contribution is -2.31. The van der Waals surface area contributed by atoms with Gasteiger partial charge in [0.05, 0.1) is 22.5 Å². The number of rotatable bonds is 1. The van der Waals surface area contributed by atoms with Gasteiger partial charge in [-0.2, -0.15) is 0 Å². The molecule has 0 radical (unpaired) electrons. The third-order valence-corrected chi connectivity index (χ3v) is 4.20. The number of imide groups is 1. The molecule has 98 valence electrons. The van der Waals surface area contributed by atoms with Crippen molar-refractivity contribution in [3.8, 4) is 0 Å². The Morgan fingerprint density at radius 3 is 2.11 bits per heavy atom. The van der Waals surface area contributed by atoms with Crippen molar-refractivity contribution in [3.63, 3.8) is 0 Å². The number of halogens is 2. The minimum absolute atomic E-state index is 0.163. The lowest BCUT2D eigenvalue weighted by Gasteiger charge is -2.16. The van der Waals surface area contributed by atoms with Crippen molar-refractivity contribution in [2.75, 3.05) is 4.90 Å². The summed E-state index contributed by atoms with van der Waals surface area (Å²) < 4.78 is 0. The molecule has 0 saturated carbocycles. The largest absolute Gasteiger partial charge is 0.274 e. The first-order valence-corrected chi connectivity index (χ1v) is 6.83. The summed E-state index contributed by atoms with van der Waals surface area (Å²) in [6.07, 6.45) is 5.16. The van der Waals surface area contributed by atoms with Crippen molar-refractivity contribution in [2.24, 2.45) is 11.8 Å². The van der Waals surface area contributed by atoms with Gasteiger partial charge in [0.25, 0.3) is 0 Å². The molecular formula is C14H11Cl2NO2. The molecule has 3 nitrogen and oxygen atoms in total. The van der Waals surface area contributed by atoms with Gasteiger partial charge < -0.3 is 0 Å². The van der Waals surface area contributed by atoms with Gasteiger partial charge in [0.15, 0.2) is 0 Å². The molecule has 19 heavy (non-hydrogen) atoms. The molecular weight excluding hydrogens is 285 g/mol. The summed E-state index contributed by atoms with van der Waals surface area (Å²) in [7, 11) is 0. The minimum Gasteiger partial charge on any atom is -0.274 e. The summed E-state index contributed by atoms with van der Waals surface area (Å²) in [5.41, 5.74) is 0.426. The highest BCUT2D eigenvalue weighted by molar-refractivity contribution is 6.38. The SMILES string of the molecule is O=C1[C@@H]2CC=CC[C@H]2C(=O)N1c1ccc(Cl)cc1Cl. The Balaban J connectivity index is 2.02. The average molecular weight is 296 g/mol. The Labute approximate surface area is 120 Å². The average Bonchev–Trinajstić information content (AvgIpc) is 2.64. The number of anilines is 1. The molecule has 0 spiro atoms. The van der Waals surface area contributed by atoms with Crippen molar-refractivity contribution in [1.29, 1.82) is 0 Å². The zero-order valence-corrected chi connectivity index (χ0v) is 11.5. The van der Waals surface area contributed by atoms with Crippen molar-refractivity contribution < 1.29 is 9.59 Å². The van der Waals surface area contributed by atoms with Crippen LogP contribution in [0.2, 0.25) is 10.0 Å². The zero-order chi connectivity index (χ0) is 13.6. The summed E-state index contributed by atoms with van der Waals surface area (Å²) in [4.78, 5) is 25.9. The normalized spacial score (nSPS) is 25.9. The maximum absolute atomic E-state index is 12.4. The van der Waals surface area contributed by atoms with Crippen LogP contribution in [-0.2, 0) is 9.59 Å². The van der Waals surface area contributed by atoms with Crippen molar-refractivity contribution in [1.82, 2.24) is 0 Å². The second-order valence-electron chi connectivity index (χ2n) is 4.76. The minimum atomic E-state index is -0.246. The molecule has 1 aromatic rings. The van der Waals surface area contributed by atoms with E-state index in [2.05, 4.69) is 0 Å². The van der Waals surface area contributed by atoms with Gasteiger partial charge in [0, 0.05) is 5.02 Å². The Bertz CT molecular complexity index is 571. The molecule has 2 atom stereocenters. The first kappa shape index (κ1) is 12.7. The number of hydrogen-bond donors (Lipinski definition) is 0. The maximum atomic E-state index is 12.4. The number of nitrogens with zero attached hydrogens (tertiary/aromatic N) is 1. The monoisotopic (exact) mass is 295 g/mol. The molecule has 0 bridgehead atoms. The number of allylic oxidation sites excluding steroid dienone is 2. The van der Waals surface area contributed by atoms with E-state index in [0.717, 1.165) is 0 Å². The molecule has 3 rings (SSSR count). The Kier molecular flexibility index (Phi) is 3.11. The van der Waals surface area contributed by atoms with Crippen LogP contribution in [0.3, 0.4) is 0 Å². The fourth-order valence-corrected chi connectivity index (χ4v) is 3.19. The van der Waals surface area contributed by atoms with Crippen LogP contribution < -0.4 is 4.90 Å². The molecule has 5 heteroatoms. The molecule has 0 unspecified atom stereocenters. The topological polar surface area (TPSA) is 37.4 Å². The molecule has 1 saturated heterocycles. The van der Waals surface area contributed by atoms with Gasteiger partial charge in [-0.1, -0.05) is 35.4 Å². The first-order chi connectivity index (χ1) is 9.09. The van der Waals surface area contributed by atoms with Gasteiger partial charge in [0.2, 0.25) is 11.8 Å². The van der Waals surface area contributed by atoms with Crippen LogP contribution in [0.4, 0.5) is 5.69 Å². The molecule has 1 aliphatic carbocycles. The van der Waals surface area contributed by atoms with E-state index in [-0.39, 0.29) is 23.7 Å². The van der Waals surface area contributed by atoms with Crippen LogP contribution in [-0.4, -0.2) is 11.8 Å². The number of carbonyl (C=O) groups excluding carboxylic acids is 2. The van der Waals surface area contributed by atoms with Crippen LogP contribution in [0.15, 0.2) is 30.4 Å². The molecule has 1 heterocycles. The van der Waals surface area contributed by atoms with E-state index in [4.69, 9.17) is 23.2 Å². The fourth-order valence-electron chi connectivity index (χ4n) is 2.70. The second-order valence-corrected chi connectivity index (χ2v) is 5.61. The Morgan fingerprint density at radius 2 is 1.58 bits per heavy atom. The van der Waals surface area contributed by atoms with Gasteiger partial charge in [-0.3, -0.25) is 9.59 Å². The second kappa shape index (κ2) is 4.66. The first-order valence-electron chi connectivity index (χ1n) is 6.07. The summed E-state index contributed by atoms with van der Waals surface area (Å²) in [6.45, 7) is 0. The van der Waals surface area contributed by atoms with E-state index in [1.807, 2.05) is 12.2 Å². The van der Waals surface area contributed by atoms with Crippen molar-refractivity contribution in [3.05, 3.63) is 40.4 Å². The van der Waals surface area contributed by atoms with Crippen LogP contribution in [0.5, 0.6) is 0 Å². The predicted octanol–water partition coefficient (Wildman–Crippen LogP) is 3.45. The summed E-state index contributed by atoms with van der Waals surface area (Å²) >= 11 is 11.9.